The second kappa shape index (κ2) is 7.95. The minimum atomic E-state index is -0.764. The minimum absolute atomic E-state index is 0.256. The number of hydrogen-bond acceptors (Lipinski definition) is 9. The molecule has 23 heavy (non-hydrogen) atoms. The molecule has 0 unspecified atom stereocenters. The fraction of sp³-hybridized carbons (Fsp3) is 0.143. The highest BCUT2D eigenvalue weighted by Crippen LogP contribution is 2.29. The number of benzene rings is 1. The molecule has 2 aromatic rings. The number of hydrogen-bond donors (Lipinski definition) is 2. The van der Waals surface area contributed by atoms with Gasteiger partial charge < -0.3 is 4.74 Å². The first-order valence-electron chi connectivity index (χ1n) is 6.79. The second-order valence-corrected chi connectivity index (χ2v) is 6.75. The number of pyridine rings is 1. The van der Waals surface area contributed by atoms with Crippen LogP contribution in [-0.2, 0) is 9.57 Å². The first-order valence-corrected chi connectivity index (χ1v) is 9.11. The Kier molecular flexibility index (Phi) is 5.46. The van der Waals surface area contributed by atoms with Gasteiger partial charge in [-0.05, 0) is 35.1 Å². The maximum absolute atomic E-state index is 11.7. The van der Waals surface area contributed by atoms with E-state index in [1.54, 1.807) is 17.0 Å². The van der Waals surface area contributed by atoms with Gasteiger partial charge in [-0.25, -0.2) is 9.78 Å². The summed E-state index contributed by atoms with van der Waals surface area (Å²) in [6.07, 6.45) is 0.977. The maximum Gasteiger partial charge on any atom is 0.534 e. The van der Waals surface area contributed by atoms with Crippen molar-refractivity contribution in [3.8, 4) is 0 Å². The van der Waals surface area contributed by atoms with Crippen LogP contribution < -0.4 is 16.1 Å². The smallest absolute Gasteiger partial charge is 0.432 e. The summed E-state index contributed by atoms with van der Waals surface area (Å²) >= 11 is 0. The summed E-state index contributed by atoms with van der Waals surface area (Å²) in [5.41, 5.74) is 7.13. The predicted molar refractivity (Wildman–Crippen MR) is 90.7 cm³/mol. The van der Waals surface area contributed by atoms with Crippen LogP contribution in [0.4, 0.5) is 16.2 Å². The van der Waals surface area contributed by atoms with Gasteiger partial charge in [0.25, 0.3) is 0 Å². The van der Waals surface area contributed by atoms with Crippen molar-refractivity contribution in [3.05, 3.63) is 48.7 Å². The summed E-state index contributed by atoms with van der Waals surface area (Å²) in [6.45, 7) is 0.256. The van der Waals surface area contributed by atoms with E-state index in [-0.39, 0.29) is 6.61 Å². The van der Waals surface area contributed by atoms with Crippen LogP contribution in [0, 0.1) is 0 Å². The summed E-state index contributed by atoms with van der Waals surface area (Å²) < 4.78 is 5.03. The molecule has 2 N–H and O–H groups in total. The van der Waals surface area contributed by atoms with Crippen molar-refractivity contribution in [2.45, 2.75) is 5.03 Å². The lowest BCUT2D eigenvalue weighted by molar-refractivity contribution is 0.0443. The molecular formula is C14H14N4O3S2. The van der Waals surface area contributed by atoms with E-state index in [0.717, 1.165) is 10.7 Å². The molecule has 0 amide bonds. The first kappa shape index (κ1) is 15.8. The van der Waals surface area contributed by atoms with Crippen LogP contribution in [0.5, 0.6) is 0 Å². The van der Waals surface area contributed by atoms with Crippen molar-refractivity contribution < 1.29 is 14.4 Å². The number of para-hydroxylation sites is 2. The molecule has 1 aliphatic heterocycles. The van der Waals surface area contributed by atoms with Gasteiger partial charge in [-0.1, -0.05) is 29.0 Å². The van der Waals surface area contributed by atoms with E-state index in [1.165, 1.54) is 16.0 Å². The molecule has 2 heterocycles. The molecule has 1 aromatic carbocycles. The third kappa shape index (κ3) is 4.44. The topological polar surface area (TPSA) is 75.7 Å². The standard InChI is InChI=1S/C14H14N4O3S2/c19-14(20-9-10-22-23-13-7-3-4-8-15-13)21-18-12-6-2-1-5-11(12)16-17-18/h1-8,16-17H,9-10H2. The fourth-order valence-corrected chi connectivity index (χ4v) is 3.46. The molecule has 1 aromatic heterocycles. The maximum atomic E-state index is 11.7. The number of nitrogens with zero attached hydrogens (tertiary/aromatic N) is 2. The van der Waals surface area contributed by atoms with Gasteiger partial charge in [-0.2, -0.15) is 0 Å². The van der Waals surface area contributed by atoms with Crippen LogP contribution in [-0.4, -0.2) is 23.5 Å². The Hall–Kier alpha value is -2.10. The van der Waals surface area contributed by atoms with Gasteiger partial charge in [0.05, 0.1) is 5.69 Å². The minimum Gasteiger partial charge on any atom is -0.432 e. The Balaban J connectivity index is 1.34. The number of nitrogens with one attached hydrogen (secondary N) is 2. The average molecular weight is 350 g/mol. The van der Waals surface area contributed by atoms with Gasteiger partial charge in [0.1, 0.15) is 17.3 Å². The van der Waals surface area contributed by atoms with E-state index in [1.807, 2.05) is 42.5 Å². The molecule has 0 spiro atoms. The summed E-state index contributed by atoms with van der Waals surface area (Å²) in [5.74, 6) is 0.638. The number of aromatic nitrogens is 1. The largest absolute Gasteiger partial charge is 0.534 e. The van der Waals surface area contributed by atoms with E-state index in [4.69, 9.17) is 9.57 Å². The number of fused-ring (bicyclic) bond motifs is 1. The van der Waals surface area contributed by atoms with Crippen LogP contribution in [0.2, 0.25) is 0 Å². The van der Waals surface area contributed by atoms with Crippen molar-refractivity contribution in [1.29, 1.82) is 0 Å². The van der Waals surface area contributed by atoms with E-state index in [2.05, 4.69) is 15.9 Å². The highest BCUT2D eigenvalue weighted by molar-refractivity contribution is 8.76. The van der Waals surface area contributed by atoms with Crippen molar-refractivity contribution in [2.75, 3.05) is 23.0 Å². The van der Waals surface area contributed by atoms with E-state index >= 15 is 0 Å². The van der Waals surface area contributed by atoms with E-state index in [9.17, 15) is 4.79 Å². The van der Waals surface area contributed by atoms with Gasteiger partial charge in [0.15, 0.2) is 0 Å². The van der Waals surface area contributed by atoms with Gasteiger partial charge in [-0.15, -0.1) is 10.7 Å². The molecule has 120 valence electrons. The number of hydrazine groups is 2. The molecule has 0 saturated carbocycles. The molecule has 0 aliphatic carbocycles. The molecule has 9 heteroatoms. The van der Waals surface area contributed by atoms with Crippen LogP contribution in [0.15, 0.2) is 53.7 Å². The number of anilines is 2. The first-order chi connectivity index (χ1) is 11.3. The Morgan fingerprint density at radius 1 is 1.22 bits per heavy atom. The van der Waals surface area contributed by atoms with Crippen LogP contribution in [0.1, 0.15) is 0 Å². The Bertz CT molecular complexity index is 659. The zero-order valence-corrected chi connectivity index (χ0v) is 13.6. The quantitative estimate of drug-likeness (QED) is 0.464. The molecular weight excluding hydrogens is 336 g/mol. The molecule has 3 rings (SSSR count). The van der Waals surface area contributed by atoms with Crippen LogP contribution in [0.25, 0.3) is 0 Å². The van der Waals surface area contributed by atoms with Crippen LogP contribution >= 0.6 is 21.6 Å². The zero-order valence-electron chi connectivity index (χ0n) is 12.0. The van der Waals surface area contributed by atoms with Gasteiger partial charge in [-0.3, -0.25) is 10.3 Å². The highest BCUT2D eigenvalue weighted by atomic mass is 33.1. The molecule has 1 aliphatic rings. The molecule has 0 radical (unpaired) electrons. The third-order valence-electron chi connectivity index (χ3n) is 2.75. The Morgan fingerprint density at radius 2 is 2.09 bits per heavy atom. The zero-order chi connectivity index (χ0) is 15.9. The molecule has 0 fully saturated rings. The van der Waals surface area contributed by atoms with Gasteiger partial charge in [0, 0.05) is 11.9 Å². The summed E-state index contributed by atoms with van der Waals surface area (Å²) in [4.78, 5) is 20.9. The Morgan fingerprint density at radius 3 is 2.96 bits per heavy atom. The lowest BCUT2D eigenvalue weighted by Crippen LogP contribution is -2.38. The lowest BCUT2D eigenvalue weighted by Gasteiger charge is -2.15. The Labute approximate surface area is 141 Å². The highest BCUT2D eigenvalue weighted by Gasteiger charge is 2.22. The predicted octanol–water partition coefficient (Wildman–Crippen LogP) is 3.24. The van der Waals surface area contributed by atoms with Gasteiger partial charge in [0.2, 0.25) is 0 Å². The van der Waals surface area contributed by atoms with E-state index in [0.29, 0.717) is 11.4 Å². The number of carbonyl (C=O) groups excluding carboxylic acids is 1. The lowest BCUT2D eigenvalue weighted by atomic mass is 10.3. The third-order valence-corrected chi connectivity index (χ3v) is 4.98. The summed E-state index contributed by atoms with van der Waals surface area (Å²) in [6, 6.07) is 13.1. The molecule has 0 bridgehead atoms. The second-order valence-electron chi connectivity index (χ2n) is 4.31. The summed E-state index contributed by atoms with van der Waals surface area (Å²) in [5, 5.41) is 2.15. The SMILES string of the molecule is O=C(OCCSSc1ccccn1)ON1NNc2ccccc21. The molecule has 0 saturated heterocycles. The summed E-state index contributed by atoms with van der Waals surface area (Å²) in [7, 11) is 3.10. The number of ether oxygens (including phenoxy) is 1. The van der Waals surface area contributed by atoms with Gasteiger partial charge >= 0.3 is 6.16 Å². The fourth-order valence-electron chi connectivity index (χ4n) is 1.76. The van der Waals surface area contributed by atoms with Crippen molar-refractivity contribution in [2.24, 2.45) is 0 Å². The normalized spacial score (nSPS) is 12.4. The number of rotatable bonds is 6. The van der Waals surface area contributed by atoms with Crippen molar-refractivity contribution in [3.63, 3.8) is 0 Å². The van der Waals surface area contributed by atoms with E-state index < -0.39 is 6.16 Å². The monoisotopic (exact) mass is 350 g/mol. The van der Waals surface area contributed by atoms with Crippen molar-refractivity contribution in [1.82, 2.24) is 10.5 Å². The van der Waals surface area contributed by atoms with Crippen molar-refractivity contribution >= 4 is 39.1 Å². The van der Waals surface area contributed by atoms with Crippen LogP contribution in [0.3, 0.4) is 0 Å². The average Bonchev–Trinajstić information content (AvgIpc) is 2.99. The molecule has 0 atom stereocenters. The molecule has 7 nitrogen and oxygen atoms in total. The number of carbonyl (C=O) groups is 1.